The number of ether oxygens (including phenoxy) is 4. The highest BCUT2D eigenvalue weighted by atomic mass is 31.2. The predicted octanol–water partition coefficient (Wildman–Crippen LogP) is 18.3. The first-order valence-corrected chi connectivity index (χ1v) is 37.3. The van der Waals surface area contributed by atoms with Gasteiger partial charge in [-0.05, 0) is 43.4 Å². The van der Waals surface area contributed by atoms with Gasteiger partial charge in [-0.1, -0.05) is 273 Å². The Hall–Kier alpha value is -1.94. The first kappa shape index (κ1) is 83.1. The van der Waals surface area contributed by atoms with Crippen molar-refractivity contribution in [3.8, 4) is 0 Å². The molecule has 3 N–H and O–H groups in total. The van der Waals surface area contributed by atoms with Crippen LogP contribution in [0.25, 0.3) is 0 Å². The van der Waals surface area contributed by atoms with Crippen molar-refractivity contribution in [2.24, 2.45) is 17.8 Å². The van der Waals surface area contributed by atoms with Crippen molar-refractivity contribution >= 4 is 39.5 Å². The highest BCUT2D eigenvalue weighted by Gasteiger charge is 2.30. The summed E-state index contributed by atoms with van der Waals surface area (Å²) in [7, 11) is -9.89. The Balaban J connectivity index is 5.23. The van der Waals surface area contributed by atoms with Crippen LogP contribution in [0.2, 0.25) is 0 Å². The Morgan fingerprint density at radius 1 is 0.318 bits per heavy atom. The minimum atomic E-state index is -4.95. The molecule has 0 aromatic rings. The van der Waals surface area contributed by atoms with Gasteiger partial charge in [0.1, 0.15) is 19.3 Å². The van der Waals surface area contributed by atoms with Crippen LogP contribution in [0.5, 0.6) is 0 Å². The Morgan fingerprint density at radius 2 is 0.541 bits per heavy atom. The molecule has 0 bridgehead atoms. The summed E-state index contributed by atoms with van der Waals surface area (Å²) in [5.41, 5.74) is 0. The summed E-state index contributed by atoms with van der Waals surface area (Å²) in [6.07, 6.45) is 39.2. The molecule has 0 aliphatic carbocycles. The summed E-state index contributed by atoms with van der Waals surface area (Å²) in [5, 5.41) is 10.5. The molecule has 2 unspecified atom stereocenters. The van der Waals surface area contributed by atoms with E-state index in [9.17, 15) is 43.2 Å². The van der Waals surface area contributed by atoms with Crippen LogP contribution >= 0.6 is 15.6 Å². The number of hydrogen-bond acceptors (Lipinski definition) is 15. The zero-order chi connectivity index (χ0) is 63.1. The van der Waals surface area contributed by atoms with Gasteiger partial charge >= 0.3 is 39.5 Å². The van der Waals surface area contributed by atoms with E-state index in [2.05, 4.69) is 48.5 Å². The summed E-state index contributed by atoms with van der Waals surface area (Å²) in [6, 6.07) is 0. The molecule has 0 aliphatic heterocycles. The molecule has 0 heterocycles. The molecular formula is C66H128O17P2. The fourth-order valence-corrected chi connectivity index (χ4v) is 11.4. The maximum Gasteiger partial charge on any atom is 0.472 e. The Labute approximate surface area is 517 Å². The lowest BCUT2D eigenvalue weighted by Crippen LogP contribution is -2.30. The molecule has 0 amide bonds. The smallest absolute Gasteiger partial charge is 0.462 e. The van der Waals surface area contributed by atoms with Gasteiger partial charge in [0.2, 0.25) is 0 Å². The lowest BCUT2D eigenvalue weighted by atomic mass is 10.0. The maximum atomic E-state index is 13.0. The van der Waals surface area contributed by atoms with E-state index in [-0.39, 0.29) is 25.7 Å². The van der Waals surface area contributed by atoms with Gasteiger partial charge in [-0.3, -0.25) is 37.3 Å². The van der Waals surface area contributed by atoms with Gasteiger partial charge in [0.25, 0.3) is 0 Å². The minimum Gasteiger partial charge on any atom is -0.462 e. The van der Waals surface area contributed by atoms with E-state index in [0.29, 0.717) is 37.5 Å². The van der Waals surface area contributed by atoms with Crippen molar-refractivity contribution in [2.45, 2.75) is 343 Å². The number of hydrogen-bond donors (Lipinski definition) is 3. The van der Waals surface area contributed by atoms with Gasteiger partial charge in [-0.2, -0.15) is 0 Å². The number of phosphoric ester groups is 2. The van der Waals surface area contributed by atoms with Crippen LogP contribution in [-0.2, 0) is 65.4 Å². The summed E-state index contributed by atoms with van der Waals surface area (Å²) in [6.45, 7) is 11.6. The van der Waals surface area contributed by atoms with Crippen molar-refractivity contribution in [3.05, 3.63) is 0 Å². The first-order chi connectivity index (χ1) is 40.7. The van der Waals surface area contributed by atoms with E-state index in [1.54, 1.807) is 0 Å². The number of carbonyl (C=O) groups is 4. The Kier molecular flexibility index (Phi) is 55.9. The second kappa shape index (κ2) is 57.2. The molecule has 0 saturated carbocycles. The standard InChI is InChI=1S/C66H128O17P2/c1-8-9-10-11-12-13-14-18-21-24-33-40-47-63(68)76-53-61(82-65(70)49-42-35-25-22-19-16-15-17-20-23-30-37-44-57(2)3)55-80-84(72,73)78-51-60(67)52-79-85(74,75)81-56-62(83-66(71)50-43-36-29-27-32-39-46-59(6)7)54-77-64(69)48-41-34-28-26-31-38-45-58(4)5/h57-62,67H,8-56H2,1-7H3,(H,72,73)(H,74,75)/t60-,61-,62-/m1/s1. The summed E-state index contributed by atoms with van der Waals surface area (Å²) < 4.78 is 68.0. The molecule has 504 valence electrons. The lowest BCUT2D eigenvalue weighted by molar-refractivity contribution is -0.161. The van der Waals surface area contributed by atoms with Gasteiger partial charge < -0.3 is 33.8 Å². The molecular weight excluding hydrogens is 1130 g/mol. The third kappa shape index (κ3) is 60.7. The number of phosphoric acid groups is 2. The maximum absolute atomic E-state index is 13.0. The third-order valence-corrected chi connectivity index (χ3v) is 17.0. The molecule has 17 nitrogen and oxygen atoms in total. The Morgan fingerprint density at radius 3 is 0.800 bits per heavy atom. The van der Waals surface area contributed by atoms with Crippen molar-refractivity contribution in [1.29, 1.82) is 0 Å². The fourth-order valence-electron chi connectivity index (χ4n) is 9.83. The van der Waals surface area contributed by atoms with Crippen LogP contribution in [0.3, 0.4) is 0 Å². The summed E-state index contributed by atoms with van der Waals surface area (Å²) in [4.78, 5) is 72.3. The van der Waals surface area contributed by atoms with Crippen molar-refractivity contribution in [2.75, 3.05) is 39.6 Å². The highest BCUT2D eigenvalue weighted by Crippen LogP contribution is 2.45. The Bertz CT molecular complexity index is 1680. The van der Waals surface area contributed by atoms with E-state index in [1.807, 2.05) is 0 Å². The molecule has 0 aliphatic rings. The molecule has 19 heteroatoms. The van der Waals surface area contributed by atoms with Crippen LogP contribution < -0.4 is 0 Å². The van der Waals surface area contributed by atoms with Crippen LogP contribution in [0.15, 0.2) is 0 Å². The summed E-state index contributed by atoms with van der Waals surface area (Å²) >= 11 is 0. The number of esters is 4. The van der Waals surface area contributed by atoms with E-state index in [0.717, 1.165) is 102 Å². The monoisotopic (exact) mass is 1250 g/mol. The molecule has 0 spiro atoms. The number of carbonyl (C=O) groups excluding carboxylic acids is 4. The average molecular weight is 1260 g/mol. The van der Waals surface area contributed by atoms with Crippen molar-refractivity contribution in [1.82, 2.24) is 0 Å². The van der Waals surface area contributed by atoms with Crippen LogP contribution in [0.1, 0.15) is 325 Å². The first-order valence-electron chi connectivity index (χ1n) is 34.3. The normalized spacial score (nSPS) is 14.3. The number of aliphatic hydroxyl groups excluding tert-OH is 1. The number of unbranched alkanes of at least 4 members (excludes halogenated alkanes) is 32. The van der Waals surface area contributed by atoms with Crippen molar-refractivity contribution in [3.63, 3.8) is 0 Å². The van der Waals surface area contributed by atoms with Gasteiger partial charge in [0, 0.05) is 25.7 Å². The molecule has 0 radical (unpaired) electrons. The largest absolute Gasteiger partial charge is 0.472 e. The van der Waals surface area contributed by atoms with E-state index >= 15 is 0 Å². The molecule has 85 heavy (non-hydrogen) atoms. The fraction of sp³-hybridized carbons (Fsp3) is 0.939. The second-order valence-corrected chi connectivity index (χ2v) is 28.2. The number of aliphatic hydroxyl groups is 1. The van der Waals surface area contributed by atoms with Crippen molar-refractivity contribution < 1.29 is 80.2 Å². The zero-order valence-electron chi connectivity index (χ0n) is 55.1. The molecule has 0 saturated heterocycles. The minimum absolute atomic E-state index is 0.101. The van der Waals surface area contributed by atoms with E-state index in [1.165, 1.54) is 128 Å². The summed E-state index contributed by atoms with van der Waals surface area (Å²) in [5.74, 6) is -0.0118. The number of rotatable bonds is 64. The SMILES string of the molecule is CCCCCCCCCCCCCCC(=O)OC[C@H](COP(=O)(O)OC[C@@H](O)COP(=O)(O)OC[C@@H](COC(=O)CCCCCCCCC(C)C)OC(=O)CCCCCCCCC(C)C)OC(=O)CCCCCCCCCCCCCCC(C)C. The lowest BCUT2D eigenvalue weighted by Gasteiger charge is -2.21. The molecule has 0 aromatic carbocycles. The van der Waals surface area contributed by atoms with Crippen LogP contribution in [0, 0.1) is 17.8 Å². The van der Waals surface area contributed by atoms with E-state index < -0.39 is 97.5 Å². The third-order valence-electron chi connectivity index (χ3n) is 15.1. The molecule has 0 aromatic heterocycles. The second-order valence-electron chi connectivity index (χ2n) is 25.3. The predicted molar refractivity (Wildman–Crippen MR) is 340 cm³/mol. The van der Waals surface area contributed by atoms with Gasteiger partial charge in [-0.25, -0.2) is 9.13 Å². The van der Waals surface area contributed by atoms with Gasteiger partial charge in [0.15, 0.2) is 12.2 Å². The van der Waals surface area contributed by atoms with Crippen LogP contribution in [-0.4, -0.2) is 96.7 Å². The van der Waals surface area contributed by atoms with Gasteiger partial charge in [0.05, 0.1) is 26.4 Å². The van der Waals surface area contributed by atoms with Crippen LogP contribution in [0.4, 0.5) is 0 Å². The topological polar surface area (TPSA) is 237 Å². The zero-order valence-corrected chi connectivity index (χ0v) is 56.9. The highest BCUT2D eigenvalue weighted by molar-refractivity contribution is 7.47. The van der Waals surface area contributed by atoms with E-state index in [4.69, 9.17) is 37.0 Å². The molecule has 0 rings (SSSR count). The molecule has 5 atom stereocenters. The quantitative estimate of drug-likeness (QED) is 0.0222. The average Bonchev–Trinajstić information content (AvgIpc) is 3.47. The molecule has 0 fully saturated rings. The van der Waals surface area contributed by atoms with Gasteiger partial charge in [-0.15, -0.1) is 0 Å².